The Hall–Kier alpha value is -1.46. The van der Waals surface area contributed by atoms with E-state index in [1.165, 1.54) is 4.88 Å². The van der Waals surface area contributed by atoms with Crippen LogP contribution < -0.4 is 10.2 Å². The Morgan fingerprint density at radius 3 is 2.89 bits per heavy atom. The van der Waals surface area contributed by atoms with Crippen molar-refractivity contribution >= 4 is 16.5 Å². The first-order chi connectivity index (χ1) is 9.20. The number of rotatable bonds is 6. The van der Waals surface area contributed by atoms with E-state index < -0.39 is 0 Å². The number of nitrogens with one attached hydrogen (secondary N) is 1. The summed E-state index contributed by atoms with van der Waals surface area (Å²) in [7, 11) is 2.05. The second-order valence-electron chi connectivity index (χ2n) is 4.50. The van der Waals surface area contributed by atoms with Crippen molar-refractivity contribution in [3.63, 3.8) is 0 Å². The fraction of sp³-hybridized carbons (Fsp3) is 0.429. The van der Waals surface area contributed by atoms with Gasteiger partial charge in [-0.1, -0.05) is 13.0 Å². The number of hydrogen-bond acceptors (Lipinski definition) is 5. The monoisotopic (exact) mass is 276 g/mol. The topological polar surface area (TPSA) is 41.1 Å². The Balaban J connectivity index is 2.02. The van der Waals surface area contributed by atoms with Gasteiger partial charge in [0.1, 0.15) is 0 Å². The number of anilines is 1. The third-order valence-electron chi connectivity index (χ3n) is 2.90. The van der Waals surface area contributed by atoms with E-state index in [0.717, 1.165) is 23.9 Å². The minimum absolute atomic E-state index is 0.361. The summed E-state index contributed by atoms with van der Waals surface area (Å²) < 4.78 is 0. The van der Waals surface area contributed by atoms with E-state index in [1.54, 1.807) is 11.3 Å². The molecule has 1 atom stereocenters. The van der Waals surface area contributed by atoms with Crippen LogP contribution in [0.3, 0.4) is 0 Å². The predicted molar refractivity (Wildman–Crippen MR) is 80.5 cm³/mol. The van der Waals surface area contributed by atoms with Gasteiger partial charge in [0.25, 0.3) is 0 Å². The molecule has 2 heterocycles. The van der Waals surface area contributed by atoms with Crippen molar-refractivity contribution in [2.75, 3.05) is 18.5 Å². The van der Waals surface area contributed by atoms with Crippen molar-refractivity contribution in [1.29, 1.82) is 0 Å². The van der Waals surface area contributed by atoms with Gasteiger partial charge in [-0.25, -0.2) is 4.98 Å². The van der Waals surface area contributed by atoms with Crippen LogP contribution in [0.4, 0.5) is 5.13 Å². The highest BCUT2D eigenvalue weighted by Crippen LogP contribution is 2.27. The second-order valence-corrected chi connectivity index (χ2v) is 5.54. The van der Waals surface area contributed by atoms with E-state index in [-0.39, 0.29) is 0 Å². The summed E-state index contributed by atoms with van der Waals surface area (Å²) in [6.45, 7) is 6.03. The minimum atomic E-state index is 0.361. The third-order valence-corrected chi connectivity index (χ3v) is 4.19. The SMILES string of the molecule is CCNC(C)c1cnc(N(C)Cc2ccccn2)s1. The van der Waals surface area contributed by atoms with Crippen LogP contribution in [0.1, 0.15) is 30.5 Å². The van der Waals surface area contributed by atoms with Crippen LogP contribution in [0, 0.1) is 0 Å². The quantitative estimate of drug-likeness (QED) is 0.881. The highest BCUT2D eigenvalue weighted by molar-refractivity contribution is 7.15. The summed E-state index contributed by atoms with van der Waals surface area (Å²) in [4.78, 5) is 12.2. The van der Waals surface area contributed by atoms with Gasteiger partial charge in [-0.05, 0) is 25.6 Å². The molecule has 2 rings (SSSR count). The van der Waals surface area contributed by atoms with E-state index in [0.29, 0.717) is 6.04 Å². The maximum absolute atomic E-state index is 4.49. The van der Waals surface area contributed by atoms with Gasteiger partial charge in [-0.3, -0.25) is 4.98 Å². The zero-order valence-corrected chi connectivity index (χ0v) is 12.4. The summed E-state index contributed by atoms with van der Waals surface area (Å²) >= 11 is 1.73. The highest BCUT2D eigenvalue weighted by Gasteiger charge is 2.11. The average molecular weight is 276 g/mol. The lowest BCUT2D eigenvalue weighted by Gasteiger charge is -2.15. The van der Waals surface area contributed by atoms with Gasteiger partial charge in [-0.15, -0.1) is 11.3 Å². The van der Waals surface area contributed by atoms with Crippen LogP contribution in [0.5, 0.6) is 0 Å². The van der Waals surface area contributed by atoms with Crippen LogP contribution in [0.2, 0.25) is 0 Å². The van der Waals surface area contributed by atoms with Crippen molar-refractivity contribution < 1.29 is 0 Å². The van der Waals surface area contributed by atoms with E-state index in [9.17, 15) is 0 Å². The van der Waals surface area contributed by atoms with Gasteiger partial charge in [-0.2, -0.15) is 0 Å². The van der Waals surface area contributed by atoms with Crippen LogP contribution in [-0.4, -0.2) is 23.6 Å². The Bertz CT molecular complexity index is 497. The van der Waals surface area contributed by atoms with Crippen molar-refractivity contribution in [3.05, 3.63) is 41.2 Å². The van der Waals surface area contributed by atoms with E-state index >= 15 is 0 Å². The first-order valence-corrected chi connectivity index (χ1v) is 7.32. The molecule has 0 bridgehead atoms. The Kier molecular flexibility index (Phi) is 4.87. The number of aromatic nitrogens is 2. The average Bonchev–Trinajstić information content (AvgIpc) is 2.90. The maximum atomic E-state index is 4.49. The predicted octanol–water partition coefficient (Wildman–Crippen LogP) is 2.85. The molecule has 0 radical (unpaired) electrons. The summed E-state index contributed by atoms with van der Waals surface area (Å²) in [5, 5.41) is 4.44. The molecule has 0 amide bonds. The molecule has 0 saturated carbocycles. The van der Waals surface area contributed by atoms with E-state index in [2.05, 4.69) is 41.1 Å². The Morgan fingerprint density at radius 2 is 2.21 bits per heavy atom. The van der Waals surface area contributed by atoms with Crippen LogP contribution >= 0.6 is 11.3 Å². The van der Waals surface area contributed by atoms with Crippen molar-refractivity contribution in [3.8, 4) is 0 Å². The first-order valence-electron chi connectivity index (χ1n) is 6.51. The number of nitrogens with zero attached hydrogens (tertiary/aromatic N) is 3. The lowest BCUT2D eigenvalue weighted by molar-refractivity contribution is 0.606. The molecule has 2 aromatic rings. The van der Waals surface area contributed by atoms with Gasteiger partial charge in [0.2, 0.25) is 0 Å². The molecule has 0 aliphatic rings. The zero-order valence-electron chi connectivity index (χ0n) is 11.6. The normalized spacial score (nSPS) is 12.4. The standard InChI is InChI=1S/C14H20N4S/c1-4-15-11(2)13-9-17-14(19-13)18(3)10-12-7-5-6-8-16-12/h5-9,11,15H,4,10H2,1-3H3. The van der Waals surface area contributed by atoms with Crippen LogP contribution in [-0.2, 0) is 6.54 Å². The molecule has 5 heteroatoms. The van der Waals surface area contributed by atoms with Crippen molar-refractivity contribution in [2.45, 2.75) is 26.4 Å². The van der Waals surface area contributed by atoms with Gasteiger partial charge in [0.05, 0.1) is 12.2 Å². The van der Waals surface area contributed by atoms with Crippen LogP contribution in [0.25, 0.3) is 0 Å². The molecule has 2 aromatic heterocycles. The molecule has 0 aliphatic carbocycles. The molecular weight excluding hydrogens is 256 g/mol. The molecule has 0 spiro atoms. The Morgan fingerprint density at radius 1 is 1.37 bits per heavy atom. The smallest absolute Gasteiger partial charge is 0.185 e. The highest BCUT2D eigenvalue weighted by atomic mass is 32.1. The largest absolute Gasteiger partial charge is 0.345 e. The van der Waals surface area contributed by atoms with Gasteiger partial charge >= 0.3 is 0 Å². The van der Waals surface area contributed by atoms with Crippen molar-refractivity contribution in [2.24, 2.45) is 0 Å². The second kappa shape index (κ2) is 6.63. The van der Waals surface area contributed by atoms with E-state index in [1.807, 2.05) is 30.6 Å². The zero-order chi connectivity index (χ0) is 13.7. The molecule has 0 aromatic carbocycles. The van der Waals surface area contributed by atoms with E-state index in [4.69, 9.17) is 0 Å². The molecule has 19 heavy (non-hydrogen) atoms. The molecule has 0 aliphatic heterocycles. The number of hydrogen-bond donors (Lipinski definition) is 1. The minimum Gasteiger partial charge on any atom is -0.345 e. The Labute approximate surface area is 118 Å². The summed E-state index contributed by atoms with van der Waals surface area (Å²) in [5.74, 6) is 0. The summed E-state index contributed by atoms with van der Waals surface area (Å²) in [5.41, 5.74) is 1.06. The van der Waals surface area contributed by atoms with Crippen molar-refractivity contribution in [1.82, 2.24) is 15.3 Å². The molecular formula is C14H20N4S. The maximum Gasteiger partial charge on any atom is 0.185 e. The lowest BCUT2D eigenvalue weighted by atomic mass is 10.3. The summed E-state index contributed by atoms with van der Waals surface area (Å²) in [6.07, 6.45) is 3.78. The third kappa shape index (κ3) is 3.75. The fourth-order valence-electron chi connectivity index (χ4n) is 1.86. The number of thiazole rings is 1. The number of pyridine rings is 1. The fourth-order valence-corrected chi connectivity index (χ4v) is 2.76. The van der Waals surface area contributed by atoms with Gasteiger partial charge in [0, 0.05) is 30.4 Å². The van der Waals surface area contributed by atoms with Crippen LogP contribution in [0.15, 0.2) is 30.6 Å². The molecule has 102 valence electrons. The lowest BCUT2D eigenvalue weighted by Crippen LogP contribution is -2.17. The molecule has 1 unspecified atom stereocenters. The van der Waals surface area contributed by atoms with Gasteiger partial charge in [0.15, 0.2) is 5.13 Å². The molecule has 4 nitrogen and oxygen atoms in total. The molecule has 0 saturated heterocycles. The molecule has 0 fully saturated rings. The first kappa shape index (κ1) is 14.0. The van der Waals surface area contributed by atoms with Gasteiger partial charge < -0.3 is 10.2 Å². The summed E-state index contributed by atoms with van der Waals surface area (Å²) in [6, 6.07) is 6.34. The molecule has 1 N–H and O–H groups in total.